The van der Waals surface area contributed by atoms with Crippen LogP contribution in [0.15, 0.2) is 78.9 Å². The fourth-order valence-electron chi connectivity index (χ4n) is 7.23. The molecule has 268 valence electrons. The third-order valence-electron chi connectivity index (χ3n) is 10.2. The number of sulfone groups is 1. The summed E-state index contributed by atoms with van der Waals surface area (Å²) in [5.41, 5.74) is 3.65. The number of nitrogens with one attached hydrogen (secondary N) is 1. The third-order valence-corrected chi connectivity index (χ3v) is 13.9. The van der Waals surface area contributed by atoms with E-state index in [1.54, 1.807) is 60.7 Å². The van der Waals surface area contributed by atoms with E-state index in [0.717, 1.165) is 43.2 Å². The van der Waals surface area contributed by atoms with Crippen LogP contribution in [0.1, 0.15) is 72.0 Å². The summed E-state index contributed by atoms with van der Waals surface area (Å²) in [5, 5.41) is 10.7. The molecule has 3 aromatic carbocycles. The number of amides is 1. The number of hydrogen-bond donors (Lipinski definition) is 2. The quantitative estimate of drug-likeness (QED) is 0.295. The Morgan fingerprint density at radius 2 is 1.80 bits per heavy atom. The highest BCUT2D eigenvalue weighted by Gasteiger charge is 2.37. The second-order valence-electron chi connectivity index (χ2n) is 13.7. The zero-order valence-corrected chi connectivity index (χ0v) is 30.4. The number of rotatable bonds is 5. The fourth-order valence-corrected chi connectivity index (χ4v) is 10.5. The molecule has 1 saturated carbocycles. The summed E-state index contributed by atoms with van der Waals surface area (Å²) in [5.74, 6) is -0.489. The van der Waals surface area contributed by atoms with Crippen LogP contribution in [0.4, 0.5) is 5.69 Å². The van der Waals surface area contributed by atoms with E-state index in [4.69, 9.17) is 16.3 Å². The minimum Gasteiger partial charge on any atom is -0.487 e. The number of anilines is 1. The van der Waals surface area contributed by atoms with Crippen LogP contribution in [0.25, 0.3) is 0 Å². The Kier molecular flexibility index (Phi) is 11.6. The van der Waals surface area contributed by atoms with Gasteiger partial charge in [-0.1, -0.05) is 60.2 Å². The molecule has 1 amide bonds. The van der Waals surface area contributed by atoms with Gasteiger partial charge in [-0.15, -0.1) is 0 Å². The molecule has 2 aliphatic heterocycles. The number of ether oxygens (including phenoxy) is 1. The molecule has 0 unspecified atom stereocenters. The Morgan fingerprint density at radius 1 is 0.980 bits per heavy atom. The first kappa shape index (κ1) is 36.4. The van der Waals surface area contributed by atoms with Crippen molar-refractivity contribution in [2.75, 3.05) is 23.7 Å². The summed E-state index contributed by atoms with van der Waals surface area (Å²) in [4.78, 5) is 15.9. The molecule has 2 heterocycles. The lowest BCUT2D eigenvalue weighted by Gasteiger charge is -2.42. The molecular weight excluding hydrogens is 696 g/mol. The van der Waals surface area contributed by atoms with Crippen LogP contribution < -0.4 is 14.4 Å². The van der Waals surface area contributed by atoms with E-state index < -0.39 is 37.1 Å². The number of benzene rings is 3. The first-order valence-electron chi connectivity index (χ1n) is 17.4. The average molecular weight is 741 g/mol. The molecule has 50 heavy (non-hydrogen) atoms. The molecule has 6 rings (SSSR count). The van der Waals surface area contributed by atoms with E-state index in [1.807, 2.05) is 18.2 Å². The van der Waals surface area contributed by atoms with E-state index >= 15 is 0 Å². The van der Waals surface area contributed by atoms with Crippen molar-refractivity contribution in [2.45, 2.75) is 75.1 Å². The van der Waals surface area contributed by atoms with Gasteiger partial charge in [0.15, 0.2) is 9.84 Å². The number of nitrogens with zero attached hydrogens (tertiary/aromatic N) is 1. The standard InChI is InChI=1S/C38H45ClN2O7S2/c39-32-16-13-31-25-48-37-18-15-29-23-35(37)41(20-7-6-10-28(31)22-32)24-30-14-17-34(30)36(42)12-5-4-11-33(50(46,47)40-38(29)43)19-21-49(44,45)26-27-8-2-1-3-9-27/h1-3,5,8-9,12-13,15-16,18,22-23,30,33-34,36,42H,4,6-7,10-11,14,17,19-21,24-26H2,(H,40,43)/b12-5+/t30-,33+,34+,36-/m0/s1. The summed E-state index contributed by atoms with van der Waals surface area (Å²) in [6, 6.07) is 19.5. The second kappa shape index (κ2) is 15.9. The van der Waals surface area contributed by atoms with Crippen LogP contribution in [-0.4, -0.2) is 58.0 Å². The normalized spacial score (nSPS) is 25.0. The van der Waals surface area contributed by atoms with Gasteiger partial charge in [0.2, 0.25) is 10.0 Å². The predicted octanol–water partition coefficient (Wildman–Crippen LogP) is 6.23. The topological polar surface area (TPSA) is 130 Å². The third kappa shape index (κ3) is 9.09. The number of sulfonamides is 1. The predicted molar refractivity (Wildman–Crippen MR) is 197 cm³/mol. The lowest BCUT2D eigenvalue weighted by Crippen LogP contribution is -2.43. The molecule has 9 nitrogen and oxygen atoms in total. The number of aliphatic hydroxyl groups is 1. The Labute approximate surface area is 300 Å². The number of hydrogen-bond acceptors (Lipinski definition) is 8. The monoisotopic (exact) mass is 740 g/mol. The van der Waals surface area contributed by atoms with Crippen molar-refractivity contribution in [1.29, 1.82) is 0 Å². The van der Waals surface area contributed by atoms with Crippen LogP contribution in [0, 0.1) is 11.8 Å². The van der Waals surface area contributed by atoms with Crippen molar-refractivity contribution in [3.63, 3.8) is 0 Å². The van der Waals surface area contributed by atoms with Crippen LogP contribution in [0.3, 0.4) is 0 Å². The van der Waals surface area contributed by atoms with Crippen molar-refractivity contribution in [3.05, 3.63) is 106 Å². The minimum atomic E-state index is -4.28. The Hall–Kier alpha value is -3.38. The van der Waals surface area contributed by atoms with Gasteiger partial charge in [-0.2, -0.15) is 0 Å². The van der Waals surface area contributed by atoms with Crippen molar-refractivity contribution in [2.24, 2.45) is 11.8 Å². The lowest BCUT2D eigenvalue weighted by molar-refractivity contribution is 0.0461. The van der Waals surface area contributed by atoms with Crippen molar-refractivity contribution in [3.8, 4) is 5.75 Å². The molecule has 0 spiro atoms. The summed E-state index contributed by atoms with van der Waals surface area (Å²) < 4.78 is 62.2. The number of aryl methyl sites for hydroxylation is 1. The van der Waals surface area contributed by atoms with Crippen LogP contribution in [0.2, 0.25) is 5.02 Å². The van der Waals surface area contributed by atoms with E-state index in [9.17, 15) is 26.7 Å². The van der Waals surface area contributed by atoms with Gasteiger partial charge in [-0.05, 0) is 110 Å². The molecule has 0 radical (unpaired) electrons. The molecule has 0 saturated heterocycles. The zero-order chi connectivity index (χ0) is 35.3. The van der Waals surface area contributed by atoms with Gasteiger partial charge in [-0.25, -0.2) is 21.6 Å². The van der Waals surface area contributed by atoms with Gasteiger partial charge in [0.1, 0.15) is 12.4 Å². The molecule has 1 aliphatic carbocycles. The summed E-state index contributed by atoms with van der Waals surface area (Å²) >= 11 is 6.32. The minimum absolute atomic E-state index is 0.0437. The molecule has 0 aromatic heterocycles. The summed E-state index contributed by atoms with van der Waals surface area (Å²) in [6.45, 7) is 1.65. The number of allylic oxidation sites excluding steroid dienone is 1. The van der Waals surface area contributed by atoms with Crippen molar-refractivity contribution < 1.29 is 31.5 Å². The second-order valence-corrected chi connectivity index (χ2v) is 18.3. The molecule has 4 atom stereocenters. The lowest BCUT2D eigenvalue weighted by atomic mass is 9.70. The van der Waals surface area contributed by atoms with Gasteiger partial charge in [-0.3, -0.25) is 4.79 Å². The van der Waals surface area contributed by atoms with Gasteiger partial charge in [0.05, 0.1) is 28.5 Å². The number of aliphatic hydroxyl groups excluding tert-OH is 1. The molecule has 1 fully saturated rings. The van der Waals surface area contributed by atoms with Crippen LogP contribution in [0.5, 0.6) is 5.75 Å². The Balaban J connectivity index is 1.30. The molecule has 12 heteroatoms. The Bertz CT molecular complexity index is 1920. The van der Waals surface area contributed by atoms with Gasteiger partial charge < -0.3 is 14.7 Å². The molecule has 3 aromatic rings. The molecule has 3 aliphatic rings. The molecule has 2 N–H and O–H groups in total. The zero-order valence-electron chi connectivity index (χ0n) is 28.0. The number of carbonyl (C=O) groups excluding carboxylic acids is 1. The highest BCUT2D eigenvalue weighted by molar-refractivity contribution is 7.91. The van der Waals surface area contributed by atoms with Crippen LogP contribution in [-0.2, 0) is 38.6 Å². The van der Waals surface area contributed by atoms with Gasteiger partial charge in [0.25, 0.3) is 5.91 Å². The molecular formula is C38H45ClN2O7S2. The first-order chi connectivity index (χ1) is 24.0. The Morgan fingerprint density at radius 3 is 2.58 bits per heavy atom. The number of carbonyl (C=O) groups is 1. The van der Waals surface area contributed by atoms with E-state index in [2.05, 4.69) is 9.62 Å². The average Bonchev–Trinajstić information content (AvgIpc) is 3.09. The molecule has 2 bridgehead atoms. The van der Waals surface area contributed by atoms with Crippen molar-refractivity contribution >= 4 is 43.1 Å². The smallest absolute Gasteiger partial charge is 0.264 e. The maximum absolute atomic E-state index is 13.8. The maximum atomic E-state index is 13.8. The highest BCUT2D eigenvalue weighted by atomic mass is 35.5. The number of halogens is 1. The van der Waals surface area contributed by atoms with Gasteiger partial charge >= 0.3 is 0 Å². The van der Waals surface area contributed by atoms with Gasteiger partial charge in [0, 0.05) is 23.7 Å². The summed E-state index contributed by atoms with van der Waals surface area (Å²) in [7, 11) is -7.91. The first-order valence-corrected chi connectivity index (χ1v) is 21.2. The van der Waals surface area contributed by atoms with Crippen molar-refractivity contribution in [1.82, 2.24) is 4.72 Å². The number of fused-ring (bicyclic) bond motifs is 3. The summed E-state index contributed by atoms with van der Waals surface area (Å²) in [6.07, 6.45) is 7.53. The van der Waals surface area contributed by atoms with Crippen LogP contribution >= 0.6 is 11.6 Å². The SMILES string of the molecule is O=C1NS(=O)(=O)[C@@H](CCS(=O)(=O)Cc2ccccc2)CC/C=C/[C@H](O)[C@@H]2CC[C@H]2CN2CCCCc3cc(Cl)ccc3COc3ccc1cc32. The van der Waals surface area contributed by atoms with E-state index in [0.29, 0.717) is 48.1 Å². The fraction of sp³-hybridized carbons (Fsp3) is 0.447. The van der Waals surface area contributed by atoms with E-state index in [-0.39, 0.29) is 41.7 Å². The van der Waals surface area contributed by atoms with E-state index in [1.165, 1.54) is 0 Å². The largest absolute Gasteiger partial charge is 0.487 e. The highest BCUT2D eigenvalue weighted by Crippen LogP contribution is 2.41. The maximum Gasteiger partial charge on any atom is 0.264 e.